The summed E-state index contributed by atoms with van der Waals surface area (Å²) >= 11 is 6.16. The monoisotopic (exact) mass is 317 g/mol. The molecular weight excluding hydrogens is 306 g/mol. The van der Waals surface area contributed by atoms with Crippen molar-refractivity contribution in [1.29, 1.82) is 0 Å². The van der Waals surface area contributed by atoms with Gasteiger partial charge in [0.05, 0.1) is 17.8 Å². The van der Waals surface area contributed by atoms with E-state index in [1.807, 2.05) is 0 Å². The lowest BCUT2D eigenvalue weighted by Gasteiger charge is -2.09. The Labute approximate surface area is 130 Å². The number of aromatic hydroxyl groups is 1. The van der Waals surface area contributed by atoms with Crippen molar-refractivity contribution in [2.45, 2.75) is 0 Å². The number of ether oxygens (including phenoxy) is 1. The van der Waals surface area contributed by atoms with Gasteiger partial charge in [0.15, 0.2) is 17.3 Å². The lowest BCUT2D eigenvalue weighted by Crippen LogP contribution is -2.16. The molecule has 0 fully saturated rings. The Morgan fingerprint density at radius 3 is 2.77 bits per heavy atom. The molecule has 3 rings (SSSR count). The van der Waals surface area contributed by atoms with Crippen LogP contribution in [0.5, 0.6) is 11.5 Å². The number of phenolic OH excluding ortho intramolecular Hbond substituents is 1. The molecule has 7 heteroatoms. The van der Waals surface area contributed by atoms with Gasteiger partial charge in [0, 0.05) is 5.56 Å². The van der Waals surface area contributed by atoms with Crippen LogP contribution >= 0.6 is 11.6 Å². The molecule has 2 aromatic carbocycles. The SMILES string of the molecule is COc1cc(-c2n[nH]c(=O)n2-c2ccccc2Cl)ccc1O. The minimum Gasteiger partial charge on any atom is -0.504 e. The fourth-order valence-electron chi connectivity index (χ4n) is 2.16. The highest BCUT2D eigenvalue weighted by atomic mass is 35.5. The predicted molar refractivity (Wildman–Crippen MR) is 82.8 cm³/mol. The van der Waals surface area contributed by atoms with E-state index in [1.165, 1.54) is 17.7 Å². The molecule has 0 aliphatic carbocycles. The highest BCUT2D eigenvalue weighted by Crippen LogP contribution is 2.31. The Bertz CT molecular complexity index is 886. The molecule has 3 aromatic rings. The molecule has 6 nitrogen and oxygen atoms in total. The molecule has 112 valence electrons. The molecule has 0 spiro atoms. The Morgan fingerprint density at radius 1 is 1.27 bits per heavy atom. The van der Waals surface area contributed by atoms with Crippen molar-refractivity contribution in [3.05, 3.63) is 58.0 Å². The Balaban J connectivity index is 2.22. The minimum absolute atomic E-state index is 0.00780. The maximum atomic E-state index is 12.1. The summed E-state index contributed by atoms with van der Waals surface area (Å²) in [7, 11) is 1.45. The van der Waals surface area contributed by atoms with Crippen LogP contribution in [0.3, 0.4) is 0 Å². The summed E-state index contributed by atoms with van der Waals surface area (Å²) in [5.74, 6) is 0.670. The van der Waals surface area contributed by atoms with Crippen LogP contribution in [0, 0.1) is 0 Å². The number of hydrogen-bond acceptors (Lipinski definition) is 4. The number of halogens is 1. The highest BCUT2D eigenvalue weighted by molar-refractivity contribution is 6.32. The largest absolute Gasteiger partial charge is 0.504 e. The Hall–Kier alpha value is -2.73. The van der Waals surface area contributed by atoms with E-state index >= 15 is 0 Å². The van der Waals surface area contributed by atoms with E-state index in [9.17, 15) is 9.90 Å². The van der Waals surface area contributed by atoms with Gasteiger partial charge in [0.2, 0.25) is 0 Å². The van der Waals surface area contributed by atoms with Gasteiger partial charge in [-0.05, 0) is 30.3 Å². The average Bonchev–Trinajstić information content (AvgIpc) is 2.90. The van der Waals surface area contributed by atoms with Crippen molar-refractivity contribution >= 4 is 11.6 Å². The van der Waals surface area contributed by atoms with Crippen LogP contribution in [0.2, 0.25) is 5.02 Å². The number of H-pyrrole nitrogens is 1. The van der Waals surface area contributed by atoms with Crippen molar-refractivity contribution in [1.82, 2.24) is 14.8 Å². The summed E-state index contributed by atoms with van der Waals surface area (Å²) in [5.41, 5.74) is 0.716. The van der Waals surface area contributed by atoms with Crippen molar-refractivity contribution in [2.24, 2.45) is 0 Å². The summed E-state index contributed by atoms with van der Waals surface area (Å²) < 4.78 is 6.45. The lowest BCUT2D eigenvalue weighted by atomic mass is 10.2. The molecule has 0 radical (unpaired) electrons. The van der Waals surface area contributed by atoms with E-state index in [0.29, 0.717) is 27.8 Å². The summed E-state index contributed by atoms with van der Waals surface area (Å²) in [6.07, 6.45) is 0. The lowest BCUT2D eigenvalue weighted by molar-refractivity contribution is 0.373. The first kappa shape index (κ1) is 14.2. The van der Waals surface area contributed by atoms with Crippen molar-refractivity contribution in [3.63, 3.8) is 0 Å². The van der Waals surface area contributed by atoms with Gasteiger partial charge in [-0.15, -0.1) is 0 Å². The van der Waals surface area contributed by atoms with Gasteiger partial charge in [-0.3, -0.25) is 0 Å². The highest BCUT2D eigenvalue weighted by Gasteiger charge is 2.16. The van der Waals surface area contributed by atoms with E-state index in [4.69, 9.17) is 16.3 Å². The van der Waals surface area contributed by atoms with Gasteiger partial charge in [0.1, 0.15) is 0 Å². The number of para-hydroxylation sites is 1. The van der Waals surface area contributed by atoms with E-state index < -0.39 is 5.69 Å². The summed E-state index contributed by atoms with van der Waals surface area (Å²) in [5, 5.41) is 16.6. The second kappa shape index (κ2) is 5.57. The molecule has 0 aliphatic heterocycles. The molecule has 0 aliphatic rings. The maximum Gasteiger partial charge on any atom is 0.348 e. The first-order chi connectivity index (χ1) is 10.6. The average molecular weight is 318 g/mol. The molecule has 0 amide bonds. The van der Waals surface area contributed by atoms with E-state index in [2.05, 4.69) is 10.2 Å². The van der Waals surface area contributed by atoms with Crippen LogP contribution in [0.1, 0.15) is 0 Å². The number of aromatic amines is 1. The minimum atomic E-state index is -0.407. The number of rotatable bonds is 3. The second-order valence-corrected chi connectivity index (χ2v) is 4.93. The number of benzene rings is 2. The molecule has 0 atom stereocenters. The topological polar surface area (TPSA) is 80.1 Å². The summed E-state index contributed by atoms with van der Waals surface area (Å²) in [4.78, 5) is 12.1. The van der Waals surface area contributed by atoms with E-state index in [0.717, 1.165) is 0 Å². The third-order valence-electron chi connectivity index (χ3n) is 3.20. The standard InChI is InChI=1S/C15H12ClN3O3/c1-22-13-8-9(6-7-12(13)20)14-17-18-15(21)19(14)11-5-3-2-4-10(11)16/h2-8,20H,1H3,(H,18,21). The fourth-order valence-corrected chi connectivity index (χ4v) is 2.38. The Kier molecular flexibility index (Phi) is 3.60. The van der Waals surface area contributed by atoms with Crippen LogP contribution in [-0.2, 0) is 0 Å². The zero-order chi connectivity index (χ0) is 15.7. The normalized spacial score (nSPS) is 10.6. The van der Waals surface area contributed by atoms with E-state index in [1.54, 1.807) is 36.4 Å². The smallest absolute Gasteiger partial charge is 0.348 e. The van der Waals surface area contributed by atoms with Gasteiger partial charge in [-0.2, -0.15) is 5.10 Å². The number of aromatic nitrogens is 3. The molecule has 1 heterocycles. The van der Waals surface area contributed by atoms with Crippen LogP contribution in [-0.4, -0.2) is 27.0 Å². The fraction of sp³-hybridized carbons (Fsp3) is 0.0667. The molecule has 22 heavy (non-hydrogen) atoms. The van der Waals surface area contributed by atoms with Gasteiger partial charge < -0.3 is 9.84 Å². The number of phenols is 1. The number of nitrogens with zero attached hydrogens (tertiary/aromatic N) is 2. The Morgan fingerprint density at radius 2 is 2.05 bits per heavy atom. The molecular formula is C15H12ClN3O3. The van der Waals surface area contributed by atoms with Gasteiger partial charge in [-0.1, -0.05) is 23.7 Å². The number of nitrogens with one attached hydrogen (secondary N) is 1. The molecule has 1 aromatic heterocycles. The van der Waals surface area contributed by atoms with Crippen molar-refractivity contribution in [2.75, 3.05) is 7.11 Å². The number of methoxy groups -OCH3 is 1. The molecule has 0 saturated heterocycles. The second-order valence-electron chi connectivity index (χ2n) is 4.53. The zero-order valence-electron chi connectivity index (χ0n) is 11.6. The maximum absolute atomic E-state index is 12.1. The summed E-state index contributed by atoms with van der Waals surface area (Å²) in [6.45, 7) is 0. The van der Waals surface area contributed by atoms with Crippen molar-refractivity contribution in [3.8, 4) is 28.6 Å². The predicted octanol–water partition coefficient (Wildman–Crippen LogP) is 2.60. The summed E-state index contributed by atoms with van der Waals surface area (Å²) in [6, 6.07) is 11.7. The third-order valence-corrected chi connectivity index (χ3v) is 3.52. The van der Waals surface area contributed by atoms with Crippen molar-refractivity contribution < 1.29 is 9.84 Å². The van der Waals surface area contributed by atoms with Crippen LogP contribution in [0.15, 0.2) is 47.3 Å². The molecule has 0 unspecified atom stereocenters. The first-order valence-electron chi connectivity index (χ1n) is 6.41. The van der Waals surface area contributed by atoms with E-state index in [-0.39, 0.29) is 5.75 Å². The zero-order valence-corrected chi connectivity index (χ0v) is 12.3. The van der Waals surface area contributed by atoms with Gasteiger partial charge in [-0.25, -0.2) is 14.5 Å². The van der Waals surface area contributed by atoms with Gasteiger partial charge in [0.25, 0.3) is 0 Å². The van der Waals surface area contributed by atoms with Gasteiger partial charge >= 0.3 is 5.69 Å². The first-order valence-corrected chi connectivity index (χ1v) is 6.79. The molecule has 2 N–H and O–H groups in total. The van der Waals surface area contributed by atoms with Crippen LogP contribution < -0.4 is 10.4 Å². The quantitative estimate of drug-likeness (QED) is 0.778. The number of hydrogen-bond donors (Lipinski definition) is 2. The third kappa shape index (κ3) is 2.33. The molecule has 0 bridgehead atoms. The molecule has 0 saturated carbocycles. The van der Waals surface area contributed by atoms with Crippen LogP contribution in [0.4, 0.5) is 0 Å². The van der Waals surface area contributed by atoms with Crippen LogP contribution in [0.25, 0.3) is 17.1 Å².